The molecule has 1 aromatic carbocycles. The number of methoxy groups -OCH3 is 2. The summed E-state index contributed by atoms with van der Waals surface area (Å²) in [6, 6.07) is 4.07. The molecule has 0 fully saturated rings. The third-order valence-electron chi connectivity index (χ3n) is 2.24. The minimum atomic E-state index is -1.14. The number of carboxylic acid groups (broad SMARTS) is 1. The normalized spacial score (nSPS) is 10.9. The minimum Gasteiger partial charge on any atom is -0.481 e. The van der Waals surface area contributed by atoms with Crippen LogP contribution >= 0.6 is 0 Å². The molecule has 1 N–H and O–H groups in total. The number of esters is 1. The van der Waals surface area contributed by atoms with Gasteiger partial charge in [0.1, 0.15) is 0 Å². The van der Waals surface area contributed by atoms with Crippen molar-refractivity contribution < 1.29 is 24.2 Å². The molecule has 96 valence electrons. The van der Waals surface area contributed by atoms with Gasteiger partial charge in [0.05, 0.1) is 25.3 Å². The monoisotopic (exact) mass is 251 g/mol. The fourth-order valence-electron chi connectivity index (χ4n) is 1.45. The second-order valence-electron chi connectivity index (χ2n) is 3.33. The van der Waals surface area contributed by atoms with Crippen molar-refractivity contribution >= 4 is 17.8 Å². The number of carboxylic acids is 1. The Bertz CT molecular complexity index is 507. The van der Waals surface area contributed by atoms with E-state index >= 15 is 0 Å². The number of hydrogen-bond donors (Lipinski definition) is 1. The highest BCUT2D eigenvalue weighted by atomic mass is 16.5. The quantitative estimate of drug-likeness (QED) is 0.495. The van der Waals surface area contributed by atoms with E-state index in [1.54, 1.807) is 0 Å². The summed E-state index contributed by atoms with van der Waals surface area (Å²) in [6.07, 6.45) is 0. The van der Waals surface area contributed by atoms with Crippen molar-refractivity contribution in [3.8, 4) is 0 Å². The second kappa shape index (κ2) is 5.81. The molecule has 1 rings (SSSR count). The van der Waals surface area contributed by atoms with E-state index in [1.807, 2.05) is 0 Å². The number of hydrogen-bond acceptors (Lipinski definition) is 5. The van der Waals surface area contributed by atoms with Crippen LogP contribution in [0.25, 0.3) is 0 Å². The standard InChI is InChI=1S/C12H13NO5/c1-13-10(17-2)7-4-8(11(14)15)6-9(5-7)12(16)18-3/h4-6H,1-3H3,(H,14,15). The lowest BCUT2D eigenvalue weighted by atomic mass is 10.1. The molecular formula is C12H13NO5. The number of carbonyl (C=O) groups excluding carboxylic acids is 1. The number of carbonyl (C=O) groups is 2. The number of rotatable bonds is 3. The van der Waals surface area contributed by atoms with Gasteiger partial charge in [-0.3, -0.25) is 4.99 Å². The maximum Gasteiger partial charge on any atom is 0.337 e. The van der Waals surface area contributed by atoms with Gasteiger partial charge in [0.15, 0.2) is 0 Å². The Morgan fingerprint density at radius 1 is 1.06 bits per heavy atom. The van der Waals surface area contributed by atoms with E-state index in [2.05, 4.69) is 9.73 Å². The zero-order valence-electron chi connectivity index (χ0n) is 10.3. The summed E-state index contributed by atoms with van der Waals surface area (Å²) in [7, 11) is 4.14. The molecule has 0 aliphatic rings. The first-order valence-electron chi connectivity index (χ1n) is 5.01. The first-order valence-corrected chi connectivity index (χ1v) is 5.01. The average molecular weight is 251 g/mol. The smallest absolute Gasteiger partial charge is 0.337 e. The van der Waals surface area contributed by atoms with Crippen LogP contribution in [-0.4, -0.2) is 44.2 Å². The number of aromatic carboxylic acids is 1. The maximum atomic E-state index is 11.4. The Labute approximate surface area is 104 Å². The van der Waals surface area contributed by atoms with Gasteiger partial charge in [-0.05, 0) is 18.2 Å². The van der Waals surface area contributed by atoms with E-state index in [4.69, 9.17) is 9.84 Å². The summed E-state index contributed by atoms with van der Waals surface area (Å²) in [6.45, 7) is 0. The zero-order valence-corrected chi connectivity index (χ0v) is 10.3. The molecule has 0 bridgehead atoms. The SMILES string of the molecule is CN=C(OC)c1cc(C(=O)O)cc(C(=O)OC)c1. The highest BCUT2D eigenvalue weighted by molar-refractivity contribution is 6.01. The first kappa shape index (κ1) is 13.7. The molecule has 6 heteroatoms. The third kappa shape index (κ3) is 2.85. The molecule has 6 nitrogen and oxygen atoms in total. The summed E-state index contributed by atoms with van der Waals surface area (Å²) in [4.78, 5) is 26.3. The minimum absolute atomic E-state index is 0.0360. The number of ether oxygens (including phenoxy) is 2. The first-order chi connectivity index (χ1) is 8.53. The average Bonchev–Trinajstić information content (AvgIpc) is 2.38. The van der Waals surface area contributed by atoms with E-state index in [0.29, 0.717) is 5.56 Å². The van der Waals surface area contributed by atoms with Crippen LogP contribution in [0.15, 0.2) is 23.2 Å². The van der Waals surface area contributed by atoms with Gasteiger partial charge < -0.3 is 14.6 Å². The molecule has 18 heavy (non-hydrogen) atoms. The molecule has 0 spiro atoms. The van der Waals surface area contributed by atoms with Crippen molar-refractivity contribution in [3.63, 3.8) is 0 Å². The van der Waals surface area contributed by atoms with Crippen LogP contribution in [0, 0.1) is 0 Å². The van der Waals surface area contributed by atoms with Gasteiger partial charge >= 0.3 is 11.9 Å². The Kier molecular flexibility index (Phi) is 4.42. The summed E-state index contributed by atoms with van der Waals surface area (Å²) < 4.78 is 9.55. The van der Waals surface area contributed by atoms with Gasteiger partial charge in [-0.15, -0.1) is 0 Å². The fraction of sp³-hybridized carbons (Fsp3) is 0.250. The summed E-state index contributed by atoms with van der Waals surface area (Å²) in [5, 5.41) is 8.98. The van der Waals surface area contributed by atoms with E-state index < -0.39 is 11.9 Å². The molecule has 1 aromatic rings. The van der Waals surface area contributed by atoms with E-state index in [-0.39, 0.29) is 17.0 Å². The Morgan fingerprint density at radius 2 is 1.61 bits per heavy atom. The van der Waals surface area contributed by atoms with Crippen molar-refractivity contribution in [2.24, 2.45) is 4.99 Å². The Hall–Kier alpha value is -2.37. The Balaban J connectivity index is 3.39. The van der Waals surface area contributed by atoms with Gasteiger partial charge in [-0.2, -0.15) is 0 Å². The summed E-state index contributed by atoms with van der Waals surface area (Å²) >= 11 is 0. The van der Waals surface area contributed by atoms with Crippen molar-refractivity contribution in [2.45, 2.75) is 0 Å². The molecule has 0 atom stereocenters. The molecule has 0 saturated carbocycles. The fourth-order valence-corrected chi connectivity index (χ4v) is 1.45. The highest BCUT2D eigenvalue weighted by Crippen LogP contribution is 2.13. The summed E-state index contributed by atoms with van der Waals surface area (Å²) in [5.41, 5.74) is 0.497. The number of benzene rings is 1. The van der Waals surface area contributed by atoms with Crippen LogP contribution in [0.4, 0.5) is 0 Å². The molecule has 0 saturated heterocycles. The van der Waals surface area contributed by atoms with Gasteiger partial charge in [-0.25, -0.2) is 9.59 Å². The van der Waals surface area contributed by atoms with Crippen molar-refractivity contribution in [2.75, 3.05) is 21.3 Å². The van der Waals surface area contributed by atoms with Crippen LogP contribution in [-0.2, 0) is 9.47 Å². The van der Waals surface area contributed by atoms with Gasteiger partial charge in [-0.1, -0.05) is 0 Å². The number of aliphatic imine (C=N–C) groups is 1. The van der Waals surface area contributed by atoms with Crippen LogP contribution in [0.1, 0.15) is 26.3 Å². The van der Waals surface area contributed by atoms with Gasteiger partial charge in [0.25, 0.3) is 0 Å². The van der Waals surface area contributed by atoms with Crippen LogP contribution < -0.4 is 0 Å². The third-order valence-corrected chi connectivity index (χ3v) is 2.24. The topological polar surface area (TPSA) is 85.2 Å². The maximum absolute atomic E-state index is 11.4. The molecule has 0 heterocycles. The zero-order chi connectivity index (χ0) is 13.7. The molecule has 0 radical (unpaired) electrons. The van der Waals surface area contributed by atoms with Gasteiger partial charge in [0.2, 0.25) is 5.90 Å². The molecule has 0 amide bonds. The largest absolute Gasteiger partial charge is 0.481 e. The summed E-state index contributed by atoms with van der Waals surface area (Å²) in [5.74, 6) is -1.53. The van der Waals surface area contributed by atoms with E-state index in [1.165, 1.54) is 39.5 Å². The molecule has 0 unspecified atom stereocenters. The van der Waals surface area contributed by atoms with E-state index in [0.717, 1.165) is 0 Å². The van der Waals surface area contributed by atoms with Crippen LogP contribution in [0.5, 0.6) is 0 Å². The molecule has 0 aliphatic heterocycles. The van der Waals surface area contributed by atoms with Crippen molar-refractivity contribution in [1.82, 2.24) is 0 Å². The predicted molar refractivity (Wildman–Crippen MR) is 64.2 cm³/mol. The van der Waals surface area contributed by atoms with Crippen LogP contribution in [0.3, 0.4) is 0 Å². The predicted octanol–water partition coefficient (Wildman–Crippen LogP) is 1.19. The molecular weight excluding hydrogens is 238 g/mol. The van der Waals surface area contributed by atoms with Gasteiger partial charge in [0, 0.05) is 12.6 Å². The van der Waals surface area contributed by atoms with Crippen molar-refractivity contribution in [1.29, 1.82) is 0 Å². The molecule has 0 aliphatic carbocycles. The lowest BCUT2D eigenvalue weighted by Gasteiger charge is -2.07. The van der Waals surface area contributed by atoms with Crippen LogP contribution in [0.2, 0.25) is 0 Å². The lowest BCUT2D eigenvalue weighted by Crippen LogP contribution is -2.10. The van der Waals surface area contributed by atoms with Crippen molar-refractivity contribution in [3.05, 3.63) is 34.9 Å². The lowest BCUT2D eigenvalue weighted by molar-refractivity contribution is 0.0600. The Morgan fingerprint density at radius 3 is 2.06 bits per heavy atom. The second-order valence-corrected chi connectivity index (χ2v) is 3.33. The molecule has 0 aromatic heterocycles. The number of nitrogens with zero attached hydrogens (tertiary/aromatic N) is 1. The van der Waals surface area contributed by atoms with E-state index in [9.17, 15) is 9.59 Å². The highest BCUT2D eigenvalue weighted by Gasteiger charge is 2.15.